The number of hydrogen-bond donors (Lipinski definition) is 0. The molecule has 2 heteroatoms. The Balaban J connectivity index is 0.000000921. The number of benzene rings is 1. The van der Waals surface area contributed by atoms with Crippen molar-refractivity contribution in [1.82, 2.24) is 4.90 Å². The van der Waals surface area contributed by atoms with E-state index in [4.69, 9.17) is 0 Å². The molecule has 0 atom stereocenters. The standard InChI is InChI=1S/C11H13NO.C2H6/c1-12(2)9-8-11(13)10-6-4-3-5-7-10;1-2/h3-9H,1-2H3;1-2H3/b9-8+;. The molecule has 0 fully saturated rings. The van der Waals surface area contributed by atoms with Crippen LogP contribution >= 0.6 is 0 Å². The van der Waals surface area contributed by atoms with Gasteiger partial charge in [0.2, 0.25) is 0 Å². The van der Waals surface area contributed by atoms with E-state index in [9.17, 15) is 4.79 Å². The van der Waals surface area contributed by atoms with Crippen LogP contribution in [0, 0.1) is 0 Å². The van der Waals surface area contributed by atoms with E-state index in [0.717, 1.165) is 5.56 Å². The lowest BCUT2D eigenvalue weighted by Crippen LogP contribution is -2.02. The lowest BCUT2D eigenvalue weighted by molar-refractivity contribution is 0.104. The highest BCUT2D eigenvalue weighted by Gasteiger charge is 1.98. The molecule has 0 spiro atoms. The van der Waals surface area contributed by atoms with Gasteiger partial charge < -0.3 is 4.90 Å². The Morgan fingerprint density at radius 1 is 1.13 bits per heavy atom. The number of ketones is 1. The first-order valence-corrected chi connectivity index (χ1v) is 5.14. The minimum absolute atomic E-state index is 0.0364. The smallest absolute Gasteiger partial charge is 0.187 e. The van der Waals surface area contributed by atoms with Crippen molar-refractivity contribution in [2.45, 2.75) is 13.8 Å². The summed E-state index contributed by atoms with van der Waals surface area (Å²) in [6.07, 6.45) is 3.31. The number of carbonyl (C=O) groups is 1. The monoisotopic (exact) mass is 205 g/mol. The van der Waals surface area contributed by atoms with Gasteiger partial charge in [0.05, 0.1) is 0 Å². The Hall–Kier alpha value is -1.57. The van der Waals surface area contributed by atoms with Gasteiger partial charge in [0.15, 0.2) is 5.78 Å². The number of hydrogen-bond acceptors (Lipinski definition) is 2. The lowest BCUT2D eigenvalue weighted by Gasteiger charge is -2.02. The summed E-state index contributed by atoms with van der Waals surface area (Å²) in [6.45, 7) is 4.00. The van der Waals surface area contributed by atoms with E-state index in [2.05, 4.69) is 0 Å². The maximum atomic E-state index is 11.4. The van der Waals surface area contributed by atoms with Crippen molar-refractivity contribution in [3.05, 3.63) is 48.2 Å². The van der Waals surface area contributed by atoms with Gasteiger partial charge in [-0.25, -0.2) is 0 Å². The van der Waals surface area contributed by atoms with E-state index in [1.54, 1.807) is 12.3 Å². The molecule has 0 bridgehead atoms. The first kappa shape index (κ1) is 13.4. The number of nitrogens with zero attached hydrogens (tertiary/aromatic N) is 1. The second-order valence-electron chi connectivity index (χ2n) is 3.01. The third-order valence-corrected chi connectivity index (χ3v) is 1.58. The molecule has 0 aliphatic rings. The molecular weight excluding hydrogens is 186 g/mol. The topological polar surface area (TPSA) is 20.3 Å². The van der Waals surface area contributed by atoms with Crippen LogP contribution < -0.4 is 0 Å². The normalized spacial score (nSPS) is 9.33. The van der Waals surface area contributed by atoms with Gasteiger partial charge in [0.1, 0.15) is 0 Å². The summed E-state index contributed by atoms with van der Waals surface area (Å²) in [5.41, 5.74) is 0.723. The minimum Gasteiger partial charge on any atom is -0.383 e. The number of carbonyl (C=O) groups excluding carboxylic acids is 1. The Labute approximate surface area is 92.2 Å². The molecule has 15 heavy (non-hydrogen) atoms. The van der Waals surface area contributed by atoms with Gasteiger partial charge in [0.25, 0.3) is 0 Å². The summed E-state index contributed by atoms with van der Waals surface area (Å²) in [7, 11) is 3.77. The molecule has 0 aliphatic carbocycles. The molecule has 0 N–H and O–H groups in total. The summed E-state index contributed by atoms with van der Waals surface area (Å²) in [6, 6.07) is 9.23. The molecule has 0 heterocycles. The molecule has 1 rings (SSSR count). The molecule has 1 aromatic carbocycles. The van der Waals surface area contributed by atoms with Crippen molar-refractivity contribution in [2.75, 3.05) is 14.1 Å². The van der Waals surface area contributed by atoms with E-state index in [0.29, 0.717) is 0 Å². The molecule has 1 aromatic rings. The fourth-order valence-electron chi connectivity index (χ4n) is 0.915. The van der Waals surface area contributed by atoms with E-state index < -0.39 is 0 Å². The molecule has 0 amide bonds. The second kappa shape index (κ2) is 7.80. The second-order valence-corrected chi connectivity index (χ2v) is 3.01. The zero-order valence-corrected chi connectivity index (χ0v) is 9.90. The van der Waals surface area contributed by atoms with Crippen LogP contribution in [0.15, 0.2) is 42.6 Å². The number of allylic oxidation sites excluding steroid dienone is 1. The van der Waals surface area contributed by atoms with Gasteiger partial charge in [-0.05, 0) is 0 Å². The highest BCUT2D eigenvalue weighted by Crippen LogP contribution is 2.00. The van der Waals surface area contributed by atoms with Crippen molar-refractivity contribution in [1.29, 1.82) is 0 Å². The lowest BCUT2D eigenvalue weighted by atomic mass is 10.1. The highest BCUT2D eigenvalue weighted by atomic mass is 16.1. The van der Waals surface area contributed by atoms with E-state index in [-0.39, 0.29) is 5.78 Å². The first-order chi connectivity index (χ1) is 7.20. The van der Waals surface area contributed by atoms with E-state index >= 15 is 0 Å². The molecule has 0 saturated carbocycles. The van der Waals surface area contributed by atoms with Crippen LogP contribution in [0.5, 0.6) is 0 Å². The Morgan fingerprint density at radius 3 is 2.13 bits per heavy atom. The maximum absolute atomic E-state index is 11.4. The molecule has 82 valence electrons. The van der Waals surface area contributed by atoms with Crippen LogP contribution in [0.2, 0.25) is 0 Å². The quantitative estimate of drug-likeness (QED) is 0.558. The van der Waals surface area contributed by atoms with Crippen LogP contribution in [0.3, 0.4) is 0 Å². The summed E-state index contributed by atoms with van der Waals surface area (Å²) in [4.78, 5) is 13.3. The van der Waals surface area contributed by atoms with E-state index in [1.807, 2.05) is 63.2 Å². The molecule has 0 aliphatic heterocycles. The summed E-state index contributed by atoms with van der Waals surface area (Å²) >= 11 is 0. The fraction of sp³-hybridized carbons (Fsp3) is 0.308. The van der Waals surface area contributed by atoms with Gasteiger partial charge in [-0.2, -0.15) is 0 Å². The van der Waals surface area contributed by atoms with Gasteiger partial charge in [-0.3, -0.25) is 4.79 Å². The van der Waals surface area contributed by atoms with Crippen LogP contribution in [0.4, 0.5) is 0 Å². The van der Waals surface area contributed by atoms with Gasteiger partial charge >= 0.3 is 0 Å². The summed E-state index contributed by atoms with van der Waals surface area (Å²) < 4.78 is 0. The zero-order chi connectivity index (χ0) is 11.7. The van der Waals surface area contributed by atoms with Gasteiger partial charge in [0, 0.05) is 31.9 Å². The molecule has 0 radical (unpaired) electrons. The van der Waals surface area contributed by atoms with Crippen LogP contribution in [0.1, 0.15) is 24.2 Å². The highest BCUT2D eigenvalue weighted by molar-refractivity contribution is 6.04. The van der Waals surface area contributed by atoms with Crippen LogP contribution in [-0.2, 0) is 0 Å². The predicted molar refractivity (Wildman–Crippen MR) is 64.9 cm³/mol. The van der Waals surface area contributed by atoms with Crippen molar-refractivity contribution < 1.29 is 4.79 Å². The molecular formula is C13H19NO. The van der Waals surface area contributed by atoms with E-state index in [1.165, 1.54) is 0 Å². The minimum atomic E-state index is 0.0364. The van der Waals surface area contributed by atoms with Gasteiger partial charge in [-0.1, -0.05) is 44.2 Å². The zero-order valence-electron chi connectivity index (χ0n) is 9.90. The van der Waals surface area contributed by atoms with Crippen LogP contribution in [-0.4, -0.2) is 24.8 Å². The third-order valence-electron chi connectivity index (χ3n) is 1.58. The van der Waals surface area contributed by atoms with Crippen molar-refractivity contribution in [2.24, 2.45) is 0 Å². The molecule has 0 aromatic heterocycles. The average Bonchev–Trinajstić information content (AvgIpc) is 2.30. The average molecular weight is 205 g/mol. The Bertz CT molecular complexity index is 302. The number of rotatable bonds is 3. The molecule has 2 nitrogen and oxygen atoms in total. The van der Waals surface area contributed by atoms with Crippen LogP contribution in [0.25, 0.3) is 0 Å². The Kier molecular flexibility index (Phi) is 6.98. The third kappa shape index (κ3) is 5.68. The fourth-order valence-corrected chi connectivity index (χ4v) is 0.915. The molecule has 0 unspecified atom stereocenters. The van der Waals surface area contributed by atoms with Crippen molar-refractivity contribution in [3.8, 4) is 0 Å². The SMILES string of the molecule is CC.CN(C)/C=C/C(=O)c1ccccc1. The predicted octanol–water partition coefficient (Wildman–Crippen LogP) is 2.97. The molecule has 0 saturated heterocycles. The van der Waals surface area contributed by atoms with Gasteiger partial charge in [-0.15, -0.1) is 0 Å². The summed E-state index contributed by atoms with van der Waals surface area (Å²) in [5.74, 6) is 0.0364. The Morgan fingerprint density at radius 2 is 1.67 bits per heavy atom. The maximum Gasteiger partial charge on any atom is 0.187 e. The van der Waals surface area contributed by atoms with Crippen molar-refractivity contribution >= 4 is 5.78 Å². The first-order valence-electron chi connectivity index (χ1n) is 5.14. The van der Waals surface area contributed by atoms with Crippen molar-refractivity contribution in [3.63, 3.8) is 0 Å². The summed E-state index contributed by atoms with van der Waals surface area (Å²) in [5, 5.41) is 0. The largest absolute Gasteiger partial charge is 0.383 e.